The Morgan fingerprint density at radius 3 is 2.74 bits per heavy atom. The Labute approximate surface area is 114 Å². The number of rotatable bonds is 5. The van der Waals surface area contributed by atoms with E-state index < -0.39 is 0 Å². The highest BCUT2D eigenvalue weighted by Crippen LogP contribution is 2.44. The summed E-state index contributed by atoms with van der Waals surface area (Å²) in [6.07, 6.45) is 5.41. The van der Waals surface area contributed by atoms with Crippen LogP contribution in [-0.2, 0) is 4.79 Å². The van der Waals surface area contributed by atoms with Gasteiger partial charge in [0.05, 0.1) is 6.61 Å². The Balaban J connectivity index is 1.89. The van der Waals surface area contributed by atoms with Gasteiger partial charge in [0, 0.05) is 18.0 Å². The molecule has 3 nitrogen and oxygen atoms in total. The third kappa shape index (κ3) is 3.67. The lowest BCUT2D eigenvalue weighted by Gasteiger charge is -2.11. The summed E-state index contributed by atoms with van der Waals surface area (Å²) in [6, 6.07) is 6.16. The molecular formula is C16H21NO2. The first kappa shape index (κ1) is 13.8. The minimum atomic E-state index is -0.0975. The molecule has 1 amide bonds. The fourth-order valence-electron chi connectivity index (χ4n) is 2.08. The van der Waals surface area contributed by atoms with Gasteiger partial charge in [0.15, 0.2) is 0 Å². The molecule has 0 heterocycles. The molecule has 19 heavy (non-hydrogen) atoms. The van der Waals surface area contributed by atoms with Crippen molar-refractivity contribution >= 4 is 12.0 Å². The SMILES string of the molecule is Cc1ccc(/C=C/C(=O)NCC2(CO)CC2)c(C)c1. The number of amides is 1. The van der Waals surface area contributed by atoms with Crippen molar-refractivity contribution in [2.75, 3.05) is 13.2 Å². The number of carbonyl (C=O) groups is 1. The van der Waals surface area contributed by atoms with Crippen LogP contribution < -0.4 is 5.32 Å². The molecule has 0 unspecified atom stereocenters. The summed E-state index contributed by atoms with van der Waals surface area (Å²) in [7, 11) is 0. The highest BCUT2D eigenvalue weighted by atomic mass is 16.3. The summed E-state index contributed by atoms with van der Waals surface area (Å²) < 4.78 is 0. The van der Waals surface area contributed by atoms with Crippen molar-refractivity contribution in [3.05, 3.63) is 41.0 Å². The van der Waals surface area contributed by atoms with E-state index in [2.05, 4.69) is 18.3 Å². The zero-order valence-corrected chi connectivity index (χ0v) is 11.6. The molecule has 1 aromatic rings. The molecule has 1 saturated carbocycles. The van der Waals surface area contributed by atoms with Crippen LogP contribution in [0.4, 0.5) is 0 Å². The highest BCUT2D eigenvalue weighted by molar-refractivity contribution is 5.91. The lowest BCUT2D eigenvalue weighted by atomic mass is 10.1. The summed E-state index contributed by atoms with van der Waals surface area (Å²) in [5, 5.41) is 12.0. The Bertz CT molecular complexity index is 501. The summed E-state index contributed by atoms with van der Waals surface area (Å²) in [4.78, 5) is 11.7. The van der Waals surface area contributed by atoms with Gasteiger partial charge in [0.1, 0.15) is 0 Å². The third-order valence-electron chi connectivity index (χ3n) is 3.77. The van der Waals surface area contributed by atoms with E-state index >= 15 is 0 Å². The average molecular weight is 259 g/mol. The number of hydrogen-bond acceptors (Lipinski definition) is 2. The number of nitrogens with one attached hydrogen (secondary N) is 1. The van der Waals surface area contributed by atoms with Crippen molar-refractivity contribution in [3.63, 3.8) is 0 Å². The van der Waals surface area contributed by atoms with E-state index in [1.165, 1.54) is 5.56 Å². The molecule has 0 aliphatic heterocycles. The van der Waals surface area contributed by atoms with Crippen LogP contribution >= 0.6 is 0 Å². The van der Waals surface area contributed by atoms with Crippen molar-refractivity contribution in [1.82, 2.24) is 5.32 Å². The summed E-state index contributed by atoms with van der Waals surface area (Å²) >= 11 is 0. The second-order valence-corrected chi connectivity index (χ2v) is 5.57. The van der Waals surface area contributed by atoms with Crippen molar-refractivity contribution in [1.29, 1.82) is 0 Å². The van der Waals surface area contributed by atoms with Gasteiger partial charge in [-0.05, 0) is 43.9 Å². The predicted molar refractivity (Wildman–Crippen MR) is 76.7 cm³/mol. The van der Waals surface area contributed by atoms with E-state index in [0.29, 0.717) is 6.54 Å². The maximum absolute atomic E-state index is 11.7. The van der Waals surface area contributed by atoms with Crippen LogP contribution in [0.15, 0.2) is 24.3 Å². The van der Waals surface area contributed by atoms with Gasteiger partial charge in [0.25, 0.3) is 0 Å². The van der Waals surface area contributed by atoms with E-state index in [0.717, 1.165) is 24.0 Å². The standard InChI is InChI=1S/C16H21NO2/c1-12-3-4-14(13(2)9-12)5-6-15(19)17-10-16(11-18)7-8-16/h3-6,9,18H,7-8,10-11H2,1-2H3,(H,17,19)/b6-5+. The van der Waals surface area contributed by atoms with Gasteiger partial charge in [-0.3, -0.25) is 4.79 Å². The van der Waals surface area contributed by atoms with E-state index in [1.54, 1.807) is 6.08 Å². The van der Waals surface area contributed by atoms with E-state index in [-0.39, 0.29) is 17.9 Å². The van der Waals surface area contributed by atoms with Gasteiger partial charge >= 0.3 is 0 Å². The molecule has 1 aliphatic carbocycles. The summed E-state index contributed by atoms with van der Waals surface area (Å²) in [6.45, 7) is 4.82. The minimum Gasteiger partial charge on any atom is -0.396 e. The molecule has 2 N–H and O–H groups in total. The first-order valence-electron chi connectivity index (χ1n) is 6.69. The van der Waals surface area contributed by atoms with Crippen molar-refractivity contribution in [3.8, 4) is 0 Å². The molecule has 102 valence electrons. The fourth-order valence-corrected chi connectivity index (χ4v) is 2.08. The predicted octanol–water partition coefficient (Wildman–Crippen LogP) is 2.21. The average Bonchev–Trinajstić information content (AvgIpc) is 3.16. The number of benzene rings is 1. The van der Waals surface area contributed by atoms with Gasteiger partial charge < -0.3 is 10.4 Å². The Morgan fingerprint density at radius 1 is 1.42 bits per heavy atom. The highest BCUT2D eigenvalue weighted by Gasteiger charge is 2.41. The zero-order chi connectivity index (χ0) is 13.9. The number of hydrogen-bond donors (Lipinski definition) is 2. The molecule has 2 rings (SSSR count). The van der Waals surface area contributed by atoms with Crippen LogP contribution in [-0.4, -0.2) is 24.2 Å². The molecule has 0 aromatic heterocycles. The van der Waals surface area contributed by atoms with Crippen molar-refractivity contribution in [2.24, 2.45) is 5.41 Å². The number of aliphatic hydroxyl groups is 1. The monoisotopic (exact) mass is 259 g/mol. The molecule has 1 aliphatic rings. The van der Waals surface area contributed by atoms with Crippen LogP contribution in [0.1, 0.15) is 29.5 Å². The van der Waals surface area contributed by atoms with E-state index in [1.807, 2.05) is 25.1 Å². The quantitative estimate of drug-likeness (QED) is 0.796. The lowest BCUT2D eigenvalue weighted by molar-refractivity contribution is -0.116. The molecule has 3 heteroatoms. The first-order valence-corrected chi connectivity index (χ1v) is 6.69. The fraction of sp³-hybridized carbons (Fsp3) is 0.438. The van der Waals surface area contributed by atoms with Crippen LogP contribution in [0, 0.1) is 19.3 Å². The maximum atomic E-state index is 11.7. The summed E-state index contributed by atoms with van der Waals surface area (Å²) in [5.74, 6) is -0.0975. The molecule has 1 fully saturated rings. The van der Waals surface area contributed by atoms with Gasteiger partial charge in [-0.1, -0.05) is 23.8 Å². The van der Waals surface area contributed by atoms with Crippen molar-refractivity contribution in [2.45, 2.75) is 26.7 Å². The van der Waals surface area contributed by atoms with E-state index in [4.69, 9.17) is 0 Å². The Morgan fingerprint density at radius 2 is 2.16 bits per heavy atom. The van der Waals surface area contributed by atoms with Gasteiger partial charge in [-0.25, -0.2) is 0 Å². The second-order valence-electron chi connectivity index (χ2n) is 5.57. The molecule has 0 spiro atoms. The molecule has 0 atom stereocenters. The number of aliphatic hydroxyl groups excluding tert-OH is 1. The van der Waals surface area contributed by atoms with Crippen LogP contribution in [0.25, 0.3) is 6.08 Å². The number of aryl methyl sites for hydroxylation is 2. The van der Waals surface area contributed by atoms with Crippen LogP contribution in [0.5, 0.6) is 0 Å². The smallest absolute Gasteiger partial charge is 0.244 e. The second kappa shape index (κ2) is 5.57. The van der Waals surface area contributed by atoms with Crippen LogP contribution in [0.2, 0.25) is 0 Å². The first-order chi connectivity index (χ1) is 9.04. The molecular weight excluding hydrogens is 238 g/mol. The van der Waals surface area contributed by atoms with Crippen LogP contribution in [0.3, 0.4) is 0 Å². The maximum Gasteiger partial charge on any atom is 0.244 e. The van der Waals surface area contributed by atoms with Gasteiger partial charge in [0.2, 0.25) is 5.91 Å². The third-order valence-corrected chi connectivity index (χ3v) is 3.77. The van der Waals surface area contributed by atoms with Gasteiger partial charge in [-0.15, -0.1) is 0 Å². The Kier molecular flexibility index (Phi) is 4.05. The van der Waals surface area contributed by atoms with Crippen molar-refractivity contribution < 1.29 is 9.90 Å². The normalized spacial score (nSPS) is 16.6. The molecule has 0 saturated heterocycles. The van der Waals surface area contributed by atoms with E-state index in [9.17, 15) is 9.90 Å². The number of carbonyl (C=O) groups excluding carboxylic acids is 1. The van der Waals surface area contributed by atoms with Gasteiger partial charge in [-0.2, -0.15) is 0 Å². The lowest BCUT2D eigenvalue weighted by Crippen LogP contribution is -2.30. The summed E-state index contributed by atoms with van der Waals surface area (Å²) in [5.41, 5.74) is 3.41. The molecule has 0 radical (unpaired) electrons. The Hall–Kier alpha value is -1.61. The zero-order valence-electron chi connectivity index (χ0n) is 11.6. The topological polar surface area (TPSA) is 49.3 Å². The minimum absolute atomic E-state index is 0.0384. The molecule has 1 aromatic carbocycles. The largest absolute Gasteiger partial charge is 0.396 e. The molecule has 0 bridgehead atoms.